The van der Waals surface area contributed by atoms with Gasteiger partial charge in [0.1, 0.15) is 5.75 Å². The minimum absolute atomic E-state index is 0.223. The van der Waals surface area contributed by atoms with Crippen molar-refractivity contribution in [2.45, 2.75) is 19.8 Å². The minimum atomic E-state index is -0.223. The van der Waals surface area contributed by atoms with Crippen molar-refractivity contribution in [1.29, 1.82) is 0 Å². The third-order valence-electron chi connectivity index (χ3n) is 2.99. The fraction of sp³-hybridized carbons (Fsp3) is 0.250. The van der Waals surface area contributed by atoms with Crippen LogP contribution in [0, 0.1) is 0 Å². The summed E-state index contributed by atoms with van der Waals surface area (Å²) in [4.78, 5) is 11.8. The van der Waals surface area contributed by atoms with E-state index in [4.69, 9.17) is 4.74 Å². The van der Waals surface area contributed by atoms with E-state index in [1.54, 1.807) is 13.2 Å². The second-order valence-corrected chi connectivity index (χ2v) is 4.96. The molecule has 21 heavy (non-hydrogen) atoms. The van der Waals surface area contributed by atoms with Crippen molar-refractivity contribution in [1.82, 2.24) is 10.2 Å². The first-order chi connectivity index (χ1) is 10.1. The van der Waals surface area contributed by atoms with Crippen molar-refractivity contribution in [2.75, 3.05) is 12.4 Å². The van der Waals surface area contributed by atoms with Crippen LogP contribution in [0.5, 0.6) is 5.75 Å². The highest BCUT2D eigenvalue weighted by atomic mass is 16.5. The summed E-state index contributed by atoms with van der Waals surface area (Å²) in [5.41, 5.74) is 1.89. The van der Waals surface area contributed by atoms with Gasteiger partial charge in [0.15, 0.2) is 5.82 Å². The van der Waals surface area contributed by atoms with Crippen LogP contribution in [-0.4, -0.2) is 23.2 Å². The molecular weight excluding hydrogens is 266 g/mol. The van der Waals surface area contributed by atoms with E-state index in [0.717, 1.165) is 17.0 Å². The predicted molar refractivity (Wildman–Crippen MR) is 83.3 cm³/mol. The first kappa shape index (κ1) is 14.8. The third-order valence-corrected chi connectivity index (χ3v) is 2.99. The van der Waals surface area contributed by atoms with Crippen LogP contribution in [0.2, 0.25) is 0 Å². The molecule has 1 aromatic heterocycles. The number of aromatic amines is 1. The van der Waals surface area contributed by atoms with Gasteiger partial charge in [-0.25, -0.2) is 0 Å². The molecule has 1 aromatic carbocycles. The number of anilines is 1. The molecule has 0 aliphatic heterocycles. The molecule has 5 nitrogen and oxygen atoms in total. The maximum Gasteiger partial charge on any atom is 0.249 e. The highest BCUT2D eigenvalue weighted by molar-refractivity contribution is 6.01. The van der Waals surface area contributed by atoms with Crippen LogP contribution >= 0.6 is 0 Å². The number of benzene rings is 1. The number of hydrogen-bond acceptors (Lipinski definition) is 3. The summed E-state index contributed by atoms with van der Waals surface area (Å²) in [5.74, 6) is 1.40. The number of H-pyrrole nitrogens is 1. The average molecular weight is 285 g/mol. The molecule has 1 heterocycles. The van der Waals surface area contributed by atoms with Crippen LogP contribution in [-0.2, 0) is 4.79 Å². The number of carbonyl (C=O) groups is 1. The molecule has 0 saturated heterocycles. The molecule has 0 radical (unpaired) electrons. The van der Waals surface area contributed by atoms with Gasteiger partial charge in [-0.3, -0.25) is 9.89 Å². The zero-order valence-electron chi connectivity index (χ0n) is 12.4. The quantitative estimate of drug-likeness (QED) is 0.829. The maximum atomic E-state index is 11.8. The Balaban J connectivity index is 1.98. The van der Waals surface area contributed by atoms with Crippen LogP contribution in [0.4, 0.5) is 5.82 Å². The Kier molecular flexibility index (Phi) is 4.77. The zero-order chi connectivity index (χ0) is 15.2. The van der Waals surface area contributed by atoms with Crippen molar-refractivity contribution in [3.63, 3.8) is 0 Å². The molecule has 1 amide bonds. The number of methoxy groups -OCH3 is 1. The number of aromatic nitrogens is 2. The molecule has 0 saturated carbocycles. The van der Waals surface area contributed by atoms with Crippen LogP contribution in [0.3, 0.4) is 0 Å². The average Bonchev–Trinajstić information content (AvgIpc) is 2.94. The van der Waals surface area contributed by atoms with E-state index < -0.39 is 0 Å². The molecule has 5 heteroatoms. The summed E-state index contributed by atoms with van der Waals surface area (Å²) in [6, 6.07) is 9.32. The summed E-state index contributed by atoms with van der Waals surface area (Å²) in [6.45, 7) is 4.11. The fourth-order valence-corrected chi connectivity index (χ4v) is 1.78. The van der Waals surface area contributed by atoms with Crippen molar-refractivity contribution in [3.8, 4) is 5.75 Å². The number of ether oxygens (including phenoxy) is 1. The number of amides is 1. The topological polar surface area (TPSA) is 67.0 Å². The first-order valence-electron chi connectivity index (χ1n) is 6.77. The zero-order valence-corrected chi connectivity index (χ0v) is 12.4. The van der Waals surface area contributed by atoms with E-state index in [-0.39, 0.29) is 5.91 Å². The Morgan fingerprint density at radius 1 is 1.38 bits per heavy atom. The normalized spacial score (nSPS) is 11.0. The molecular formula is C16H19N3O2. The van der Waals surface area contributed by atoms with E-state index in [9.17, 15) is 4.79 Å². The summed E-state index contributed by atoms with van der Waals surface area (Å²) in [5, 5.41) is 9.66. The fourth-order valence-electron chi connectivity index (χ4n) is 1.78. The summed E-state index contributed by atoms with van der Waals surface area (Å²) < 4.78 is 5.13. The predicted octanol–water partition coefficient (Wildman–Crippen LogP) is 3.19. The molecule has 110 valence electrons. The Labute approximate surface area is 124 Å². The molecule has 2 aromatic rings. The molecule has 0 fully saturated rings. The Morgan fingerprint density at radius 3 is 2.86 bits per heavy atom. The van der Waals surface area contributed by atoms with Gasteiger partial charge in [0.2, 0.25) is 5.91 Å². The van der Waals surface area contributed by atoms with Gasteiger partial charge in [0.05, 0.1) is 7.11 Å². The standard InChI is InChI=1S/C16H19N3O2/c1-11(2)14-10-15(19-18-14)17-16(20)8-7-12-5-4-6-13(9-12)21-3/h4-11H,1-3H3,(H2,17,18,19,20)/b8-7+. The van der Waals surface area contributed by atoms with Gasteiger partial charge in [-0.05, 0) is 29.7 Å². The van der Waals surface area contributed by atoms with Crippen molar-refractivity contribution in [3.05, 3.63) is 47.7 Å². The Morgan fingerprint density at radius 2 is 2.19 bits per heavy atom. The third kappa shape index (κ3) is 4.21. The van der Waals surface area contributed by atoms with Gasteiger partial charge in [-0.2, -0.15) is 5.10 Å². The highest BCUT2D eigenvalue weighted by Crippen LogP contribution is 2.15. The largest absolute Gasteiger partial charge is 0.497 e. The van der Waals surface area contributed by atoms with Gasteiger partial charge in [0, 0.05) is 17.8 Å². The number of rotatable bonds is 5. The summed E-state index contributed by atoms with van der Waals surface area (Å²) in [6.07, 6.45) is 3.20. The number of carbonyl (C=O) groups excluding carboxylic acids is 1. The summed E-state index contributed by atoms with van der Waals surface area (Å²) in [7, 11) is 1.61. The van der Waals surface area contributed by atoms with Crippen LogP contribution in [0.25, 0.3) is 6.08 Å². The lowest BCUT2D eigenvalue weighted by Gasteiger charge is -2.00. The van der Waals surface area contributed by atoms with E-state index >= 15 is 0 Å². The van der Waals surface area contributed by atoms with E-state index in [2.05, 4.69) is 29.4 Å². The smallest absolute Gasteiger partial charge is 0.249 e. The molecule has 0 spiro atoms. The number of hydrogen-bond donors (Lipinski definition) is 2. The van der Waals surface area contributed by atoms with Crippen molar-refractivity contribution >= 4 is 17.8 Å². The Hall–Kier alpha value is -2.56. The molecule has 2 N–H and O–H groups in total. The molecule has 0 unspecified atom stereocenters. The van der Waals surface area contributed by atoms with Gasteiger partial charge in [-0.1, -0.05) is 26.0 Å². The lowest BCUT2D eigenvalue weighted by Crippen LogP contribution is -2.07. The lowest BCUT2D eigenvalue weighted by atomic mass is 10.1. The van der Waals surface area contributed by atoms with Crippen molar-refractivity contribution in [2.24, 2.45) is 0 Å². The molecule has 0 aliphatic rings. The van der Waals surface area contributed by atoms with Gasteiger partial charge in [-0.15, -0.1) is 0 Å². The molecule has 0 atom stereocenters. The van der Waals surface area contributed by atoms with Gasteiger partial charge in [0.25, 0.3) is 0 Å². The second kappa shape index (κ2) is 6.74. The highest BCUT2D eigenvalue weighted by Gasteiger charge is 2.06. The maximum absolute atomic E-state index is 11.8. The number of nitrogens with zero attached hydrogens (tertiary/aromatic N) is 1. The summed E-state index contributed by atoms with van der Waals surface area (Å²) >= 11 is 0. The van der Waals surface area contributed by atoms with Gasteiger partial charge < -0.3 is 10.1 Å². The minimum Gasteiger partial charge on any atom is -0.497 e. The van der Waals surface area contributed by atoms with Gasteiger partial charge >= 0.3 is 0 Å². The van der Waals surface area contributed by atoms with Crippen LogP contribution < -0.4 is 10.1 Å². The first-order valence-corrected chi connectivity index (χ1v) is 6.77. The van der Waals surface area contributed by atoms with E-state index in [1.807, 2.05) is 30.3 Å². The Bertz CT molecular complexity index is 644. The van der Waals surface area contributed by atoms with E-state index in [0.29, 0.717) is 11.7 Å². The number of nitrogens with one attached hydrogen (secondary N) is 2. The molecule has 0 aliphatic carbocycles. The van der Waals surface area contributed by atoms with E-state index in [1.165, 1.54) is 6.08 Å². The van der Waals surface area contributed by atoms with Crippen molar-refractivity contribution < 1.29 is 9.53 Å². The second-order valence-electron chi connectivity index (χ2n) is 4.96. The molecule has 0 bridgehead atoms. The molecule has 2 rings (SSSR count). The van der Waals surface area contributed by atoms with Crippen LogP contribution in [0.1, 0.15) is 31.0 Å². The SMILES string of the molecule is COc1cccc(/C=C/C(=O)Nc2cc(C(C)C)[nH]n2)c1. The monoisotopic (exact) mass is 285 g/mol. The van der Waals surface area contributed by atoms with Crippen LogP contribution in [0.15, 0.2) is 36.4 Å². The lowest BCUT2D eigenvalue weighted by molar-refractivity contribution is -0.111.